The molecule has 0 saturated heterocycles. The number of aliphatic hydroxyl groups is 1. The fourth-order valence-corrected chi connectivity index (χ4v) is 2.62. The lowest BCUT2D eigenvalue weighted by molar-refractivity contribution is 0.205. The monoisotopic (exact) mass is 354 g/mol. The molecule has 3 nitrogen and oxygen atoms in total. The Morgan fingerprint density at radius 2 is 1.50 bits per heavy atom. The molecule has 0 fully saturated rings. The van der Waals surface area contributed by atoms with Crippen molar-refractivity contribution in [3.8, 4) is 22.6 Å². The maximum Gasteiger partial charge on any atom is 0.159 e. The number of hydrogen-bond donors (Lipinski definition) is 1. The lowest BCUT2D eigenvalue weighted by Crippen LogP contribution is -2.05. The number of benzene rings is 2. The van der Waals surface area contributed by atoms with Crippen molar-refractivity contribution in [2.75, 3.05) is 5.33 Å². The first-order valence-electron chi connectivity index (χ1n) is 7.01. The van der Waals surface area contributed by atoms with Crippen LogP contribution in [0.5, 0.6) is 0 Å². The summed E-state index contributed by atoms with van der Waals surface area (Å²) in [4.78, 5) is 9.10. The summed E-state index contributed by atoms with van der Waals surface area (Å²) in [7, 11) is 0. The van der Waals surface area contributed by atoms with Gasteiger partial charge in [0.2, 0.25) is 0 Å². The summed E-state index contributed by atoms with van der Waals surface area (Å²) in [5.74, 6) is 0.657. The van der Waals surface area contributed by atoms with Gasteiger partial charge >= 0.3 is 0 Å². The van der Waals surface area contributed by atoms with Crippen molar-refractivity contribution >= 4 is 15.9 Å². The minimum atomic E-state index is -0.639. The molecule has 1 unspecified atom stereocenters. The quantitative estimate of drug-likeness (QED) is 0.712. The number of aromatic nitrogens is 2. The van der Waals surface area contributed by atoms with Crippen LogP contribution in [-0.4, -0.2) is 20.4 Å². The number of nitrogens with zero attached hydrogens (tertiary/aromatic N) is 2. The molecule has 110 valence electrons. The van der Waals surface area contributed by atoms with E-state index in [9.17, 15) is 5.11 Å². The second-order valence-corrected chi connectivity index (χ2v) is 5.55. The van der Waals surface area contributed by atoms with Crippen LogP contribution in [0.25, 0.3) is 22.6 Å². The van der Waals surface area contributed by atoms with Crippen LogP contribution in [0.1, 0.15) is 11.7 Å². The molecule has 0 bridgehead atoms. The Balaban J connectivity index is 2.15. The Morgan fingerprint density at radius 1 is 0.909 bits per heavy atom. The summed E-state index contributed by atoms with van der Waals surface area (Å²) in [6.07, 6.45) is 1.07. The van der Waals surface area contributed by atoms with Gasteiger partial charge in [-0.3, -0.25) is 0 Å². The highest BCUT2D eigenvalue weighted by Gasteiger charge is 2.16. The largest absolute Gasteiger partial charge is 0.387 e. The van der Waals surface area contributed by atoms with Gasteiger partial charge in [-0.25, -0.2) is 9.97 Å². The molecule has 1 heterocycles. The summed E-state index contributed by atoms with van der Waals surface area (Å²) >= 11 is 3.32. The smallest absolute Gasteiger partial charge is 0.159 e. The molecule has 0 radical (unpaired) electrons. The van der Waals surface area contributed by atoms with Gasteiger partial charge in [0, 0.05) is 28.2 Å². The van der Waals surface area contributed by atoms with E-state index in [1.54, 1.807) is 6.20 Å². The maximum absolute atomic E-state index is 10.2. The van der Waals surface area contributed by atoms with Crippen LogP contribution in [-0.2, 0) is 0 Å². The van der Waals surface area contributed by atoms with Crippen LogP contribution in [0, 0.1) is 0 Å². The Bertz CT molecular complexity index is 748. The molecule has 22 heavy (non-hydrogen) atoms. The molecule has 0 aliphatic rings. The van der Waals surface area contributed by atoms with E-state index in [4.69, 9.17) is 4.98 Å². The highest BCUT2D eigenvalue weighted by Crippen LogP contribution is 2.29. The lowest BCUT2D eigenvalue weighted by Gasteiger charge is -2.14. The van der Waals surface area contributed by atoms with E-state index in [0.717, 1.165) is 22.4 Å². The summed E-state index contributed by atoms with van der Waals surface area (Å²) in [6, 6.07) is 19.7. The highest BCUT2D eigenvalue weighted by atomic mass is 79.9. The van der Waals surface area contributed by atoms with E-state index in [2.05, 4.69) is 20.9 Å². The van der Waals surface area contributed by atoms with Crippen LogP contribution in [0.15, 0.2) is 66.9 Å². The van der Waals surface area contributed by atoms with Crippen molar-refractivity contribution in [1.29, 1.82) is 0 Å². The topological polar surface area (TPSA) is 46.0 Å². The second kappa shape index (κ2) is 6.81. The molecular weight excluding hydrogens is 340 g/mol. The summed E-state index contributed by atoms with van der Waals surface area (Å²) in [6.45, 7) is 0. The molecule has 0 saturated carbocycles. The zero-order valence-corrected chi connectivity index (χ0v) is 13.4. The van der Waals surface area contributed by atoms with Crippen molar-refractivity contribution in [1.82, 2.24) is 9.97 Å². The van der Waals surface area contributed by atoms with E-state index in [0.29, 0.717) is 11.2 Å². The second-order valence-electron chi connectivity index (χ2n) is 4.90. The molecule has 0 aliphatic heterocycles. The predicted octanol–water partition coefficient (Wildman–Crippen LogP) is 4.24. The zero-order valence-electron chi connectivity index (χ0n) is 11.9. The van der Waals surface area contributed by atoms with Gasteiger partial charge in [0.25, 0.3) is 0 Å². The van der Waals surface area contributed by atoms with E-state index in [-0.39, 0.29) is 0 Å². The Hall–Kier alpha value is -2.04. The summed E-state index contributed by atoms with van der Waals surface area (Å²) in [5, 5.41) is 10.7. The molecule has 1 N–H and O–H groups in total. The highest BCUT2D eigenvalue weighted by molar-refractivity contribution is 9.09. The zero-order chi connectivity index (χ0) is 15.4. The van der Waals surface area contributed by atoms with Gasteiger partial charge in [0.1, 0.15) is 0 Å². The Kier molecular flexibility index (Phi) is 4.61. The van der Waals surface area contributed by atoms with Gasteiger partial charge in [0.05, 0.1) is 11.8 Å². The van der Waals surface area contributed by atoms with Gasteiger partial charge in [-0.15, -0.1) is 0 Å². The third-order valence-corrected chi connectivity index (χ3v) is 4.01. The minimum absolute atomic E-state index is 0.445. The van der Waals surface area contributed by atoms with Crippen LogP contribution in [0.3, 0.4) is 0 Å². The number of alkyl halides is 1. The molecule has 1 aromatic heterocycles. The molecule has 3 rings (SSSR count). The molecule has 4 heteroatoms. The van der Waals surface area contributed by atoms with E-state index < -0.39 is 6.10 Å². The number of halogens is 1. The third-order valence-electron chi connectivity index (χ3n) is 3.40. The lowest BCUT2D eigenvalue weighted by atomic mass is 10.0. The van der Waals surface area contributed by atoms with Gasteiger partial charge in [-0.05, 0) is 0 Å². The van der Waals surface area contributed by atoms with Crippen LogP contribution >= 0.6 is 15.9 Å². The fourth-order valence-electron chi connectivity index (χ4n) is 2.27. The van der Waals surface area contributed by atoms with Crippen molar-refractivity contribution in [3.63, 3.8) is 0 Å². The molecule has 2 aromatic carbocycles. The first kappa shape index (κ1) is 14.9. The fraction of sp³-hybridized carbons (Fsp3) is 0.111. The van der Waals surface area contributed by atoms with Crippen LogP contribution < -0.4 is 0 Å². The average Bonchev–Trinajstić information content (AvgIpc) is 2.62. The van der Waals surface area contributed by atoms with Crippen molar-refractivity contribution < 1.29 is 5.11 Å². The minimum Gasteiger partial charge on any atom is -0.387 e. The van der Waals surface area contributed by atoms with E-state index in [1.807, 2.05) is 60.7 Å². The van der Waals surface area contributed by atoms with Crippen LogP contribution in [0.4, 0.5) is 0 Å². The first-order chi connectivity index (χ1) is 10.8. The third kappa shape index (κ3) is 3.08. The normalized spacial score (nSPS) is 12.1. The van der Waals surface area contributed by atoms with Gasteiger partial charge in [-0.1, -0.05) is 76.6 Å². The average molecular weight is 355 g/mol. The molecule has 3 aromatic rings. The van der Waals surface area contributed by atoms with Gasteiger partial charge in [-0.2, -0.15) is 0 Å². The number of aliphatic hydroxyl groups excluding tert-OH is 1. The predicted molar refractivity (Wildman–Crippen MR) is 91.7 cm³/mol. The molecule has 0 aliphatic carbocycles. The molecule has 0 amide bonds. The molecule has 1 atom stereocenters. The van der Waals surface area contributed by atoms with Crippen LogP contribution in [0.2, 0.25) is 0 Å². The Labute approximate surface area is 137 Å². The van der Waals surface area contributed by atoms with E-state index >= 15 is 0 Å². The molecular formula is C18H15BrN2O. The summed E-state index contributed by atoms with van der Waals surface area (Å²) < 4.78 is 0. The van der Waals surface area contributed by atoms with Crippen molar-refractivity contribution in [2.45, 2.75) is 6.10 Å². The molecule has 0 spiro atoms. The summed E-state index contributed by atoms with van der Waals surface area (Å²) in [5.41, 5.74) is 3.42. The number of rotatable bonds is 4. The maximum atomic E-state index is 10.2. The van der Waals surface area contributed by atoms with Crippen molar-refractivity contribution in [2.24, 2.45) is 0 Å². The van der Waals surface area contributed by atoms with Crippen molar-refractivity contribution in [3.05, 3.63) is 72.4 Å². The Morgan fingerprint density at radius 3 is 2.09 bits per heavy atom. The SMILES string of the molecule is OC(CBr)c1cnc(-c2ccccc2)nc1-c1ccccc1. The number of hydrogen-bond acceptors (Lipinski definition) is 3. The van der Waals surface area contributed by atoms with Gasteiger partial charge in [0.15, 0.2) is 5.82 Å². The van der Waals surface area contributed by atoms with E-state index in [1.165, 1.54) is 0 Å². The first-order valence-corrected chi connectivity index (χ1v) is 8.13. The van der Waals surface area contributed by atoms with Gasteiger partial charge < -0.3 is 5.11 Å². The standard InChI is InChI=1S/C18H15BrN2O/c19-11-16(22)15-12-20-18(14-9-5-2-6-10-14)21-17(15)13-7-3-1-4-8-13/h1-10,12,16,22H,11H2.